The summed E-state index contributed by atoms with van der Waals surface area (Å²) in [5.74, 6) is 0.193. The van der Waals surface area contributed by atoms with Crippen LogP contribution in [0.3, 0.4) is 0 Å². The highest BCUT2D eigenvalue weighted by Gasteiger charge is 2.33. The lowest BCUT2D eigenvalue weighted by Crippen LogP contribution is -2.43. The largest absolute Gasteiger partial charge is 0.303 e. The minimum Gasteiger partial charge on any atom is -0.303 e. The molecular weight excluding hydrogens is 186 g/mol. The molecule has 0 aromatic heterocycles. The third-order valence-corrected chi connectivity index (χ3v) is 3.16. The standard InChI is InChI=1S/C13H17NO/c1-9(15)12-10-6-4-5-7-11(10)13(2,3)8-14-12/h4-7,12,14H,8H2,1-3H3. The smallest absolute Gasteiger partial charge is 0.151 e. The maximum atomic E-state index is 11.5. The molecular formula is C13H17NO. The van der Waals surface area contributed by atoms with Crippen LogP contribution in [0.25, 0.3) is 0 Å². The minimum atomic E-state index is -0.116. The molecule has 2 heteroatoms. The number of benzene rings is 1. The zero-order valence-electron chi connectivity index (χ0n) is 9.50. The number of rotatable bonds is 1. The fourth-order valence-electron chi connectivity index (χ4n) is 2.29. The molecule has 0 saturated carbocycles. The van der Waals surface area contributed by atoms with E-state index in [4.69, 9.17) is 0 Å². The Balaban J connectivity index is 2.53. The molecule has 1 unspecified atom stereocenters. The third kappa shape index (κ3) is 1.70. The molecule has 0 radical (unpaired) electrons. The average molecular weight is 203 g/mol. The van der Waals surface area contributed by atoms with Crippen LogP contribution in [0, 0.1) is 0 Å². The van der Waals surface area contributed by atoms with Gasteiger partial charge in [-0.05, 0) is 18.1 Å². The number of Topliss-reactive ketones (excluding diaryl/α,β-unsaturated/α-hetero) is 1. The van der Waals surface area contributed by atoms with Gasteiger partial charge in [0, 0.05) is 12.0 Å². The first-order valence-corrected chi connectivity index (χ1v) is 5.35. The number of ketones is 1. The van der Waals surface area contributed by atoms with Gasteiger partial charge in [0.2, 0.25) is 0 Å². The highest BCUT2D eigenvalue weighted by Crippen LogP contribution is 2.34. The number of carbonyl (C=O) groups is 1. The first kappa shape index (κ1) is 10.4. The number of nitrogens with one attached hydrogen (secondary N) is 1. The van der Waals surface area contributed by atoms with Crippen molar-refractivity contribution in [2.45, 2.75) is 32.2 Å². The molecule has 0 saturated heterocycles. The van der Waals surface area contributed by atoms with Gasteiger partial charge in [-0.2, -0.15) is 0 Å². The summed E-state index contributed by atoms with van der Waals surface area (Å²) in [5, 5.41) is 3.32. The molecule has 0 amide bonds. The Kier molecular flexibility index (Phi) is 2.39. The van der Waals surface area contributed by atoms with Crippen molar-refractivity contribution < 1.29 is 4.79 Å². The number of hydrogen-bond donors (Lipinski definition) is 1. The maximum absolute atomic E-state index is 11.5. The van der Waals surface area contributed by atoms with Crippen LogP contribution in [0.2, 0.25) is 0 Å². The molecule has 0 fully saturated rings. The second-order valence-corrected chi connectivity index (χ2v) is 4.90. The van der Waals surface area contributed by atoms with E-state index in [-0.39, 0.29) is 17.2 Å². The SMILES string of the molecule is CC(=O)C1NCC(C)(C)c2ccccc21. The van der Waals surface area contributed by atoms with Crippen molar-refractivity contribution in [1.82, 2.24) is 5.32 Å². The van der Waals surface area contributed by atoms with Gasteiger partial charge < -0.3 is 5.32 Å². The van der Waals surface area contributed by atoms with Gasteiger partial charge in [0.05, 0.1) is 6.04 Å². The van der Waals surface area contributed by atoms with Gasteiger partial charge in [-0.15, -0.1) is 0 Å². The second kappa shape index (κ2) is 3.46. The van der Waals surface area contributed by atoms with E-state index < -0.39 is 0 Å². The monoisotopic (exact) mass is 203 g/mol. The van der Waals surface area contributed by atoms with E-state index in [1.54, 1.807) is 6.92 Å². The van der Waals surface area contributed by atoms with Crippen LogP contribution >= 0.6 is 0 Å². The summed E-state index contributed by atoms with van der Waals surface area (Å²) in [6.45, 7) is 6.91. The van der Waals surface area contributed by atoms with Gasteiger partial charge in [0.15, 0.2) is 5.78 Å². The molecule has 0 aliphatic carbocycles. The van der Waals surface area contributed by atoms with Crippen LogP contribution in [0.1, 0.15) is 37.9 Å². The van der Waals surface area contributed by atoms with Gasteiger partial charge in [-0.3, -0.25) is 4.79 Å². The van der Waals surface area contributed by atoms with E-state index in [0.29, 0.717) is 0 Å². The van der Waals surface area contributed by atoms with E-state index in [1.165, 1.54) is 5.56 Å². The molecule has 1 aromatic rings. The number of hydrogen-bond acceptors (Lipinski definition) is 2. The summed E-state index contributed by atoms with van der Waals surface area (Å²) in [5.41, 5.74) is 2.55. The lowest BCUT2D eigenvalue weighted by atomic mass is 9.76. The van der Waals surface area contributed by atoms with Crippen LogP contribution in [-0.2, 0) is 10.2 Å². The molecule has 1 aliphatic heterocycles. The molecule has 80 valence electrons. The molecule has 1 aromatic carbocycles. The number of fused-ring (bicyclic) bond motifs is 1. The summed E-state index contributed by atoms with van der Waals surface area (Å²) in [7, 11) is 0. The van der Waals surface area contributed by atoms with Crippen LogP contribution < -0.4 is 5.32 Å². The van der Waals surface area contributed by atoms with Gasteiger partial charge in [0.25, 0.3) is 0 Å². The highest BCUT2D eigenvalue weighted by molar-refractivity contribution is 5.83. The van der Waals surface area contributed by atoms with E-state index in [2.05, 4.69) is 31.3 Å². The Hall–Kier alpha value is -1.15. The van der Waals surface area contributed by atoms with Gasteiger partial charge in [-0.1, -0.05) is 38.1 Å². The van der Waals surface area contributed by atoms with Crippen LogP contribution in [-0.4, -0.2) is 12.3 Å². The Labute approximate surface area is 90.7 Å². The second-order valence-electron chi connectivity index (χ2n) is 4.90. The van der Waals surface area contributed by atoms with Crippen molar-refractivity contribution in [3.63, 3.8) is 0 Å². The summed E-state index contributed by atoms with van der Waals surface area (Å²) in [6, 6.07) is 8.11. The average Bonchev–Trinajstić information content (AvgIpc) is 2.17. The van der Waals surface area contributed by atoms with E-state index in [1.807, 2.05) is 12.1 Å². The third-order valence-electron chi connectivity index (χ3n) is 3.16. The minimum absolute atomic E-state index is 0.114. The Bertz CT molecular complexity index is 395. The normalized spacial score (nSPS) is 23.3. The van der Waals surface area contributed by atoms with Crippen molar-refractivity contribution in [3.05, 3.63) is 35.4 Å². The molecule has 2 nitrogen and oxygen atoms in total. The first-order chi connectivity index (χ1) is 7.02. The zero-order valence-corrected chi connectivity index (χ0v) is 9.50. The molecule has 1 atom stereocenters. The lowest BCUT2D eigenvalue weighted by molar-refractivity contribution is -0.119. The summed E-state index contributed by atoms with van der Waals surface area (Å²) in [6.07, 6.45) is 0. The summed E-state index contributed by atoms with van der Waals surface area (Å²) < 4.78 is 0. The Morgan fingerprint density at radius 2 is 2.07 bits per heavy atom. The van der Waals surface area contributed by atoms with Crippen molar-refractivity contribution >= 4 is 5.78 Å². The molecule has 2 rings (SSSR count). The van der Waals surface area contributed by atoms with E-state index in [9.17, 15) is 4.79 Å². The molecule has 1 aliphatic rings. The van der Waals surface area contributed by atoms with Crippen molar-refractivity contribution in [2.75, 3.05) is 6.54 Å². The Morgan fingerprint density at radius 1 is 1.40 bits per heavy atom. The predicted octanol–water partition coefficient (Wildman–Crippen LogP) is 2.20. The molecule has 0 bridgehead atoms. The van der Waals surface area contributed by atoms with Crippen molar-refractivity contribution in [2.24, 2.45) is 0 Å². The fraction of sp³-hybridized carbons (Fsp3) is 0.462. The van der Waals surface area contributed by atoms with Crippen LogP contribution in [0.5, 0.6) is 0 Å². The molecule has 1 N–H and O–H groups in total. The van der Waals surface area contributed by atoms with E-state index in [0.717, 1.165) is 12.1 Å². The van der Waals surface area contributed by atoms with E-state index >= 15 is 0 Å². The first-order valence-electron chi connectivity index (χ1n) is 5.35. The van der Waals surface area contributed by atoms with Crippen molar-refractivity contribution in [3.8, 4) is 0 Å². The molecule has 1 heterocycles. The number of carbonyl (C=O) groups excluding carboxylic acids is 1. The van der Waals surface area contributed by atoms with Gasteiger partial charge >= 0.3 is 0 Å². The van der Waals surface area contributed by atoms with Crippen molar-refractivity contribution in [1.29, 1.82) is 0 Å². The van der Waals surface area contributed by atoms with Crippen LogP contribution in [0.15, 0.2) is 24.3 Å². The zero-order chi connectivity index (χ0) is 11.1. The Morgan fingerprint density at radius 3 is 2.73 bits per heavy atom. The quantitative estimate of drug-likeness (QED) is 0.758. The predicted molar refractivity (Wildman–Crippen MR) is 60.9 cm³/mol. The summed E-state index contributed by atoms with van der Waals surface area (Å²) >= 11 is 0. The lowest BCUT2D eigenvalue weighted by Gasteiger charge is -2.37. The van der Waals surface area contributed by atoms with Gasteiger partial charge in [0.1, 0.15) is 0 Å². The highest BCUT2D eigenvalue weighted by atomic mass is 16.1. The fourth-order valence-corrected chi connectivity index (χ4v) is 2.29. The topological polar surface area (TPSA) is 29.1 Å². The molecule has 0 spiro atoms. The summed E-state index contributed by atoms with van der Waals surface area (Å²) in [4.78, 5) is 11.5. The molecule has 15 heavy (non-hydrogen) atoms. The maximum Gasteiger partial charge on any atom is 0.151 e. The van der Waals surface area contributed by atoms with Crippen LogP contribution in [0.4, 0.5) is 0 Å². The van der Waals surface area contributed by atoms with Gasteiger partial charge in [-0.25, -0.2) is 0 Å².